The lowest BCUT2D eigenvalue weighted by Crippen LogP contribution is -2.18. The monoisotopic (exact) mass is 172 g/mol. The second-order valence-electron chi connectivity index (χ2n) is 4.50. The minimum Gasteiger partial charge on any atom is -0.390 e. The lowest BCUT2D eigenvalue weighted by molar-refractivity contribution is 0.0791. The SMILES string of the molecule is CC(C)(O)C/C=C/CC(C)(C)O. The smallest absolute Gasteiger partial charge is 0.0626 e. The van der Waals surface area contributed by atoms with E-state index in [-0.39, 0.29) is 0 Å². The Morgan fingerprint density at radius 3 is 1.25 bits per heavy atom. The zero-order chi connectivity index (χ0) is 9.83. The zero-order valence-electron chi connectivity index (χ0n) is 8.46. The molecule has 0 bridgehead atoms. The molecule has 0 aromatic carbocycles. The Bertz CT molecular complexity index is 128. The van der Waals surface area contributed by atoms with Gasteiger partial charge in [0, 0.05) is 0 Å². The van der Waals surface area contributed by atoms with Crippen LogP contribution in [-0.2, 0) is 0 Å². The third kappa shape index (κ3) is 9.66. The van der Waals surface area contributed by atoms with Gasteiger partial charge in [-0.15, -0.1) is 0 Å². The molecule has 0 aromatic rings. The topological polar surface area (TPSA) is 40.5 Å². The van der Waals surface area contributed by atoms with Crippen LogP contribution in [0, 0.1) is 0 Å². The van der Waals surface area contributed by atoms with Crippen molar-refractivity contribution in [2.24, 2.45) is 0 Å². The van der Waals surface area contributed by atoms with Gasteiger partial charge in [-0.3, -0.25) is 0 Å². The molecule has 0 aliphatic carbocycles. The van der Waals surface area contributed by atoms with E-state index in [4.69, 9.17) is 0 Å². The summed E-state index contributed by atoms with van der Waals surface area (Å²) in [6.07, 6.45) is 5.06. The summed E-state index contributed by atoms with van der Waals surface area (Å²) in [5.41, 5.74) is -1.29. The maximum absolute atomic E-state index is 9.33. The van der Waals surface area contributed by atoms with Crippen molar-refractivity contribution in [1.29, 1.82) is 0 Å². The summed E-state index contributed by atoms with van der Waals surface area (Å²) in [7, 11) is 0. The highest BCUT2D eigenvalue weighted by Crippen LogP contribution is 2.11. The highest BCUT2D eigenvalue weighted by atomic mass is 16.3. The summed E-state index contributed by atoms with van der Waals surface area (Å²) in [4.78, 5) is 0. The Morgan fingerprint density at radius 1 is 0.833 bits per heavy atom. The van der Waals surface area contributed by atoms with E-state index >= 15 is 0 Å². The third-order valence-electron chi connectivity index (χ3n) is 1.40. The summed E-state index contributed by atoms with van der Waals surface area (Å²) >= 11 is 0. The Labute approximate surface area is 74.9 Å². The van der Waals surface area contributed by atoms with Gasteiger partial charge in [-0.05, 0) is 40.5 Å². The molecule has 2 N–H and O–H groups in total. The van der Waals surface area contributed by atoms with Crippen LogP contribution >= 0.6 is 0 Å². The van der Waals surface area contributed by atoms with E-state index < -0.39 is 11.2 Å². The molecule has 0 saturated heterocycles. The summed E-state index contributed by atoms with van der Waals surface area (Å²) < 4.78 is 0. The fraction of sp³-hybridized carbons (Fsp3) is 0.800. The van der Waals surface area contributed by atoms with Gasteiger partial charge in [0.2, 0.25) is 0 Å². The number of hydrogen-bond donors (Lipinski definition) is 2. The van der Waals surface area contributed by atoms with Crippen LogP contribution in [0.2, 0.25) is 0 Å². The maximum Gasteiger partial charge on any atom is 0.0626 e. The van der Waals surface area contributed by atoms with Crippen molar-refractivity contribution in [2.45, 2.75) is 51.7 Å². The van der Waals surface area contributed by atoms with Crippen LogP contribution in [0.5, 0.6) is 0 Å². The van der Waals surface area contributed by atoms with E-state index in [1.165, 1.54) is 0 Å². The zero-order valence-corrected chi connectivity index (χ0v) is 8.46. The molecule has 0 unspecified atom stereocenters. The minimum absolute atomic E-state index is 0.628. The van der Waals surface area contributed by atoms with E-state index in [2.05, 4.69) is 0 Å². The fourth-order valence-corrected chi connectivity index (χ4v) is 0.743. The molecule has 0 atom stereocenters. The Kier molecular flexibility index (Phi) is 3.94. The molecule has 0 saturated carbocycles. The fourth-order valence-electron chi connectivity index (χ4n) is 0.743. The first kappa shape index (κ1) is 11.7. The quantitative estimate of drug-likeness (QED) is 0.635. The summed E-state index contributed by atoms with van der Waals surface area (Å²) in [5, 5.41) is 18.7. The third-order valence-corrected chi connectivity index (χ3v) is 1.40. The predicted molar refractivity (Wildman–Crippen MR) is 51.0 cm³/mol. The van der Waals surface area contributed by atoms with Gasteiger partial charge < -0.3 is 10.2 Å². The van der Waals surface area contributed by atoms with Crippen molar-refractivity contribution in [3.05, 3.63) is 12.2 Å². The van der Waals surface area contributed by atoms with E-state index in [9.17, 15) is 10.2 Å². The first-order valence-corrected chi connectivity index (χ1v) is 4.30. The predicted octanol–water partition coefficient (Wildman–Crippen LogP) is 1.86. The van der Waals surface area contributed by atoms with Gasteiger partial charge in [-0.25, -0.2) is 0 Å². The molecule has 2 nitrogen and oxygen atoms in total. The van der Waals surface area contributed by atoms with Gasteiger partial charge in [0.1, 0.15) is 0 Å². The van der Waals surface area contributed by atoms with Gasteiger partial charge in [-0.1, -0.05) is 12.2 Å². The van der Waals surface area contributed by atoms with E-state index in [1.807, 2.05) is 12.2 Å². The van der Waals surface area contributed by atoms with Crippen molar-refractivity contribution in [3.8, 4) is 0 Å². The summed E-state index contributed by atoms with van der Waals surface area (Å²) in [6, 6.07) is 0. The minimum atomic E-state index is -0.643. The second kappa shape index (κ2) is 4.06. The van der Waals surface area contributed by atoms with Crippen LogP contribution in [0.3, 0.4) is 0 Å². The van der Waals surface area contributed by atoms with Crippen molar-refractivity contribution in [1.82, 2.24) is 0 Å². The number of aliphatic hydroxyl groups is 2. The van der Waals surface area contributed by atoms with E-state index in [0.29, 0.717) is 12.8 Å². The first-order valence-electron chi connectivity index (χ1n) is 4.30. The highest BCUT2D eigenvalue weighted by molar-refractivity contribution is 4.90. The molecule has 0 fully saturated rings. The first-order chi connectivity index (χ1) is 5.21. The average molecular weight is 172 g/mol. The molecule has 2 heteroatoms. The van der Waals surface area contributed by atoms with Crippen LogP contribution in [0.15, 0.2) is 12.2 Å². The molecule has 0 amide bonds. The van der Waals surface area contributed by atoms with Gasteiger partial charge >= 0.3 is 0 Å². The molecular formula is C10H20O2. The molecule has 72 valence electrons. The Balaban J connectivity index is 3.66. The Hall–Kier alpha value is -0.340. The van der Waals surface area contributed by atoms with Gasteiger partial charge in [0.05, 0.1) is 11.2 Å². The lowest BCUT2D eigenvalue weighted by Gasteiger charge is -2.15. The molecule has 0 aromatic heterocycles. The van der Waals surface area contributed by atoms with Crippen LogP contribution in [0.4, 0.5) is 0 Å². The molecule has 0 rings (SSSR count). The van der Waals surface area contributed by atoms with Crippen molar-refractivity contribution >= 4 is 0 Å². The van der Waals surface area contributed by atoms with Gasteiger partial charge in [0.15, 0.2) is 0 Å². The summed E-state index contributed by atoms with van der Waals surface area (Å²) in [5.74, 6) is 0. The van der Waals surface area contributed by atoms with E-state index in [0.717, 1.165) is 0 Å². The molecule has 12 heavy (non-hydrogen) atoms. The Morgan fingerprint density at radius 2 is 1.08 bits per heavy atom. The molecule has 0 aliphatic heterocycles. The van der Waals surface area contributed by atoms with Crippen molar-refractivity contribution in [3.63, 3.8) is 0 Å². The molecule has 0 spiro atoms. The number of rotatable bonds is 4. The second-order valence-corrected chi connectivity index (χ2v) is 4.50. The van der Waals surface area contributed by atoms with Crippen molar-refractivity contribution in [2.75, 3.05) is 0 Å². The molecule has 0 radical (unpaired) electrons. The lowest BCUT2D eigenvalue weighted by atomic mass is 10.0. The average Bonchev–Trinajstić information content (AvgIpc) is 1.76. The van der Waals surface area contributed by atoms with Crippen molar-refractivity contribution < 1.29 is 10.2 Å². The molecular weight excluding hydrogens is 152 g/mol. The van der Waals surface area contributed by atoms with Crippen LogP contribution in [0.25, 0.3) is 0 Å². The standard InChI is InChI=1S/C10H20O2/c1-9(2,11)7-5-6-8-10(3,4)12/h5-6,11-12H,7-8H2,1-4H3/b6-5+. The summed E-state index contributed by atoms with van der Waals surface area (Å²) in [6.45, 7) is 7.06. The van der Waals surface area contributed by atoms with Crippen LogP contribution in [0.1, 0.15) is 40.5 Å². The van der Waals surface area contributed by atoms with Gasteiger partial charge in [0.25, 0.3) is 0 Å². The van der Waals surface area contributed by atoms with E-state index in [1.54, 1.807) is 27.7 Å². The van der Waals surface area contributed by atoms with Crippen LogP contribution in [-0.4, -0.2) is 21.4 Å². The normalized spacial score (nSPS) is 14.2. The number of hydrogen-bond acceptors (Lipinski definition) is 2. The highest BCUT2D eigenvalue weighted by Gasteiger charge is 2.11. The molecule has 0 heterocycles. The molecule has 0 aliphatic rings. The van der Waals surface area contributed by atoms with Gasteiger partial charge in [-0.2, -0.15) is 0 Å². The van der Waals surface area contributed by atoms with Crippen LogP contribution < -0.4 is 0 Å². The largest absolute Gasteiger partial charge is 0.390 e. The maximum atomic E-state index is 9.33.